The van der Waals surface area contributed by atoms with Crippen LogP contribution in [-0.4, -0.2) is 23.8 Å². The smallest absolute Gasteiger partial charge is 0.0743 e. The first-order valence-electron chi connectivity index (χ1n) is 7.67. The van der Waals surface area contributed by atoms with E-state index in [9.17, 15) is 5.11 Å². The van der Waals surface area contributed by atoms with E-state index in [4.69, 9.17) is 0 Å². The summed E-state index contributed by atoms with van der Waals surface area (Å²) < 4.78 is 0. The molecule has 0 amide bonds. The van der Waals surface area contributed by atoms with Gasteiger partial charge >= 0.3 is 0 Å². The fraction of sp³-hybridized carbons (Fsp3) is 0.647. The summed E-state index contributed by atoms with van der Waals surface area (Å²) >= 11 is 0. The zero-order valence-electron chi connectivity index (χ0n) is 12.5. The van der Waals surface area contributed by atoms with Crippen molar-refractivity contribution in [3.8, 4) is 0 Å². The predicted octanol–water partition coefficient (Wildman–Crippen LogP) is 3.76. The molecule has 0 radical (unpaired) electrons. The van der Waals surface area contributed by atoms with Crippen LogP contribution in [0.1, 0.15) is 45.1 Å². The molecule has 1 saturated carbocycles. The lowest BCUT2D eigenvalue weighted by Crippen LogP contribution is -2.47. The third-order valence-corrected chi connectivity index (χ3v) is 4.63. The van der Waals surface area contributed by atoms with Crippen molar-refractivity contribution in [2.75, 3.05) is 11.4 Å². The Hall–Kier alpha value is -1.02. The Labute approximate surface area is 117 Å². The molecule has 2 nitrogen and oxygen atoms in total. The van der Waals surface area contributed by atoms with Crippen LogP contribution < -0.4 is 4.90 Å². The molecule has 2 heteroatoms. The van der Waals surface area contributed by atoms with Crippen molar-refractivity contribution in [3.05, 3.63) is 29.8 Å². The van der Waals surface area contributed by atoms with Gasteiger partial charge in [0, 0.05) is 12.2 Å². The van der Waals surface area contributed by atoms with Crippen molar-refractivity contribution in [2.45, 2.75) is 58.6 Å². The number of aryl methyl sites for hydroxylation is 1. The molecule has 0 heterocycles. The number of hydrogen-bond acceptors (Lipinski definition) is 2. The third kappa shape index (κ3) is 3.11. The first-order chi connectivity index (χ1) is 9.17. The van der Waals surface area contributed by atoms with Gasteiger partial charge in [-0.15, -0.1) is 0 Å². The minimum atomic E-state index is -0.178. The Bertz CT molecular complexity index is 404. The quantitative estimate of drug-likeness (QED) is 0.892. The van der Waals surface area contributed by atoms with Gasteiger partial charge in [0.05, 0.1) is 12.1 Å². The van der Waals surface area contributed by atoms with E-state index in [0.717, 1.165) is 25.3 Å². The molecular weight excluding hydrogens is 234 g/mol. The summed E-state index contributed by atoms with van der Waals surface area (Å²) in [6.07, 6.45) is 4.31. The number of likely N-dealkylation sites (N-methyl/N-ethyl adjacent to an activating group) is 1. The number of aliphatic hydroxyl groups excluding tert-OH is 1. The lowest BCUT2D eigenvalue weighted by molar-refractivity contribution is 0.0819. The van der Waals surface area contributed by atoms with E-state index in [1.54, 1.807) is 0 Å². The highest BCUT2D eigenvalue weighted by Gasteiger charge is 2.32. The molecule has 2 rings (SSSR count). The van der Waals surface area contributed by atoms with Gasteiger partial charge in [-0.25, -0.2) is 0 Å². The van der Waals surface area contributed by atoms with E-state index < -0.39 is 0 Å². The second-order valence-electron chi connectivity index (χ2n) is 5.79. The highest BCUT2D eigenvalue weighted by molar-refractivity contribution is 5.54. The number of anilines is 1. The maximum absolute atomic E-state index is 10.4. The fourth-order valence-electron chi connectivity index (χ4n) is 3.39. The lowest BCUT2D eigenvalue weighted by Gasteiger charge is -2.42. The largest absolute Gasteiger partial charge is 0.391 e. The molecular formula is C17H27NO. The van der Waals surface area contributed by atoms with Crippen molar-refractivity contribution >= 4 is 5.69 Å². The maximum atomic E-state index is 10.4. The fourth-order valence-corrected chi connectivity index (χ4v) is 3.39. The minimum Gasteiger partial charge on any atom is -0.391 e. The third-order valence-electron chi connectivity index (χ3n) is 4.63. The predicted molar refractivity (Wildman–Crippen MR) is 81.6 cm³/mol. The van der Waals surface area contributed by atoms with Crippen molar-refractivity contribution in [2.24, 2.45) is 5.92 Å². The Balaban J connectivity index is 2.23. The molecule has 0 spiro atoms. The zero-order chi connectivity index (χ0) is 13.8. The van der Waals surface area contributed by atoms with Crippen LogP contribution in [0.25, 0.3) is 0 Å². The SMILES string of the molecule is CCC1CCC(O)C(N(CC)c2ccccc2C)C1. The van der Waals surface area contributed by atoms with E-state index in [0.29, 0.717) is 0 Å². The van der Waals surface area contributed by atoms with E-state index >= 15 is 0 Å². The Morgan fingerprint density at radius 1 is 1.21 bits per heavy atom. The number of aliphatic hydroxyl groups is 1. The number of rotatable bonds is 4. The normalized spacial score (nSPS) is 27.3. The van der Waals surface area contributed by atoms with E-state index in [2.05, 4.69) is 49.9 Å². The van der Waals surface area contributed by atoms with Gasteiger partial charge in [-0.3, -0.25) is 0 Å². The van der Waals surface area contributed by atoms with Gasteiger partial charge in [0.25, 0.3) is 0 Å². The molecule has 1 N–H and O–H groups in total. The maximum Gasteiger partial charge on any atom is 0.0743 e. The second-order valence-corrected chi connectivity index (χ2v) is 5.79. The molecule has 1 fully saturated rings. The molecule has 19 heavy (non-hydrogen) atoms. The highest BCUT2D eigenvalue weighted by atomic mass is 16.3. The molecule has 0 aliphatic heterocycles. The van der Waals surface area contributed by atoms with Crippen LogP contribution in [0.15, 0.2) is 24.3 Å². The van der Waals surface area contributed by atoms with Crippen molar-refractivity contribution in [3.63, 3.8) is 0 Å². The summed E-state index contributed by atoms with van der Waals surface area (Å²) in [5.41, 5.74) is 2.58. The molecule has 106 valence electrons. The highest BCUT2D eigenvalue weighted by Crippen LogP contribution is 2.33. The monoisotopic (exact) mass is 261 g/mol. The summed E-state index contributed by atoms with van der Waals surface area (Å²) in [5.74, 6) is 0.770. The van der Waals surface area contributed by atoms with Crippen molar-refractivity contribution < 1.29 is 5.11 Å². The van der Waals surface area contributed by atoms with Gasteiger partial charge in [0.1, 0.15) is 0 Å². The Morgan fingerprint density at radius 2 is 1.95 bits per heavy atom. The van der Waals surface area contributed by atoms with Gasteiger partial charge in [-0.1, -0.05) is 31.5 Å². The van der Waals surface area contributed by atoms with Crippen LogP contribution >= 0.6 is 0 Å². The first kappa shape index (κ1) is 14.4. The minimum absolute atomic E-state index is 0.178. The first-order valence-corrected chi connectivity index (χ1v) is 7.67. The van der Waals surface area contributed by atoms with Crippen LogP contribution in [0.4, 0.5) is 5.69 Å². The van der Waals surface area contributed by atoms with Gasteiger partial charge in [-0.2, -0.15) is 0 Å². The number of hydrogen-bond donors (Lipinski definition) is 1. The van der Waals surface area contributed by atoms with Crippen LogP contribution in [0.2, 0.25) is 0 Å². The number of nitrogens with zero attached hydrogens (tertiary/aromatic N) is 1. The summed E-state index contributed by atoms with van der Waals surface area (Å²) in [7, 11) is 0. The lowest BCUT2D eigenvalue weighted by atomic mass is 9.81. The molecule has 1 aromatic rings. The molecule has 0 bridgehead atoms. The van der Waals surface area contributed by atoms with Crippen LogP contribution in [0.3, 0.4) is 0 Å². The summed E-state index contributed by atoms with van der Waals surface area (Å²) in [6.45, 7) is 7.58. The van der Waals surface area contributed by atoms with Crippen LogP contribution in [0, 0.1) is 12.8 Å². The second kappa shape index (κ2) is 6.42. The van der Waals surface area contributed by atoms with E-state index in [-0.39, 0.29) is 12.1 Å². The number of para-hydroxylation sites is 1. The Morgan fingerprint density at radius 3 is 2.58 bits per heavy atom. The summed E-state index contributed by atoms with van der Waals surface area (Å²) in [6, 6.07) is 8.80. The average molecular weight is 261 g/mol. The molecule has 1 aliphatic carbocycles. The van der Waals surface area contributed by atoms with Crippen LogP contribution in [0.5, 0.6) is 0 Å². The summed E-state index contributed by atoms with van der Waals surface area (Å²) in [4.78, 5) is 2.40. The molecule has 1 aliphatic rings. The average Bonchev–Trinajstić information content (AvgIpc) is 2.43. The summed E-state index contributed by atoms with van der Waals surface area (Å²) in [5, 5.41) is 10.4. The standard InChI is InChI=1S/C17H27NO/c1-4-14-10-11-17(19)16(12-14)18(5-2)15-9-7-6-8-13(15)3/h6-9,14,16-17,19H,4-5,10-12H2,1-3H3. The van der Waals surface area contributed by atoms with Crippen molar-refractivity contribution in [1.82, 2.24) is 0 Å². The van der Waals surface area contributed by atoms with E-state index in [1.807, 2.05) is 0 Å². The topological polar surface area (TPSA) is 23.5 Å². The van der Waals surface area contributed by atoms with E-state index in [1.165, 1.54) is 24.1 Å². The van der Waals surface area contributed by atoms with Gasteiger partial charge in [0.15, 0.2) is 0 Å². The molecule has 0 saturated heterocycles. The van der Waals surface area contributed by atoms with Gasteiger partial charge < -0.3 is 10.0 Å². The van der Waals surface area contributed by atoms with Crippen LogP contribution in [-0.2, 0) is 0 Å². The van der Waals surface area contributed by atoms with Gasteiger partial charge in [-0.05, 0) is 50.7 Å². The molecule has 1 aromatic carbocycles. The molecule has 0 aromatic heterocycles. The van der Waals surface area contributed by atoms with Gasteiger partial charge in [0.2, 0.25) is 0 Å². The number of benzene rings is 1. The molecule has 3 atom stereocenters. The zero-order valence-corrected chi connectivity index (χ0v) is 12.5. The molecule has 3 unspecified atom stereocenters. The van der Waals surface area contributed by atoms with Crippen molar-refractivity contribution in [1.29, 1.82) is 0 Å². The Kier molecular flexibility index (Phi) is 4.87.